The molecule has 1 atom stereocenters. The van der Waals surface area contributed by atoms with Gasteiger partial charge in [-0.3, -0.25) is 4.79 Å². The molecule has 0 spiro atoms. The van der Waals surface area contributed by atoms with E-state index in [2.05, 4.69) is 10.3 Å². The number of pyridine rings is 1. The van der Waals surface area contributed by atoms with Crippen molar-refractivity contribution in [2.24, 2.45) is 5.73 Å². The fraction of sp³-hybridized carbons (Fsp3) is 0.588. The van der Waals surface area contributed by atoms with Crippen LogP contribution >= 0.6 is 11.6 Å². The molecular weight excluding hydrogens is 344 g/mol. The summed E-state index contributed by atoms with van der Waals surface area (Å²) in [6.45, 7) is 6.13. The molecule has 0 bridgehead atoms. The number of aryl methyl sites for hydroxylation is 1. The number of nitrogens with zero attached hydrogens (tertiary/aromatic N) is 2. The standard InChI is InChI=1S/C17H25ClN4O3/c1-3-25-10-4-9-22(16(19)24)17(7-8-20-11-17)14(23)13-6-5-12(2)21-15(13)18/h5-6,20H,3-4,7-11H2,1-2H3,(H2,19,24)/t17-/m1/s1. The number of carbonyl (C=O) groups excluding carboxylic acids is 2. The molecule has 3 N–H and O–H groups in total. The summed E-state index contributed by atoms with van der Waals surface area (Å²) in [5.74, 6) is -0.231. The predicted octanol–water partition coefficient (Wildman–Crippen LogP) is 1.77. The molecule has 2 amide bonds. The third-order valence-electron chi connectivity index (χ3n) is 4.45. The van der Waals surface area contributed by atoms with Crippen LogP contribution in [-0.4, -0.2) is 60.1 Å². The Morgan fingerprint density at radius 1 is 1.48 bits per heavy atom. The highest BCUT2D eigenvalue weighted by Crippen LogP contribution is 2.30. The van der Waals surface area contributed by atoms with Gasteiger partial charge in [0, 0.05) is 32.0 Å². The lowest BCUT2D eigenvalue weighted by Gasteiger charge is -2.38. The van der Waals surface area contributed by atoms with Crippen LogP contribution in [0.3, 0.4) is 0 Å². The van der Waals surface area contributed by atoms with Crippen LogP contribution in [0.1, 0.15) is 35.8 Å². The van der Waals surface area contributed by atoms with Crippen molar-refractivity contribution in [1.82, 2.24) is 15.2 Å². The molecule has 1 fully saturated rings. The molecule has 0 saturated carbocycles. The highest BCUT2D eigenvalue weighted by atomic mass is 35.5. The van der Waals surface area contributed by atoms with E-state index in [9.17, 15) is 9.59 Å². The van der Waals surface area contributed by atoms with E-state index >= 15 is 0 Å². The zero-order chi connectivity index (χ0) is 18.4. The second-order valence-electron chi connectivity index (χ2n) is 6.12. The predicted molar refractivity (Wildman–Crippen MR) is 95.9 cm³/mol. The molecule has 25 heavy (non-hydrogen) atoms. The average molecular weight is 369 g/mol. The van der Waals surface area contributed by atoms with Gasteiger partial charge in [0.25, 0.3) is 0 Å². The largest absolute Gasteiger partial charge is 0.382 e. The van der Waals surface area contributed by atoms with Gasteiger partial charge in [0.15, 0.2) is 5.78 Å². The first-order chi connectivity index (χ1) is 11.9. The fourth-order valence-electron chi connectivity index (χ4n) is 3.17. The average Bonchev–Trinajstić information content (AvgIpc) is 3.04. The number of halogens is 1. The molecule has 1 aliphatic heterocycles. The number of rotatable bonds is 8. The number of amides is 2. The lowest BCUT2D eigenvalue weighted by Crippen LogP contribution is -2.60. The Balaban J connectivity index is 2.31. The number of nitrogens with two attached hydrogens (primary N) is 1. The number of hydrogen-bond acceptors (Lipinski definition) is 5. The minimum absolute atomic E-state index is 0.148. The Morgan fingerprint density at radius 3 is 2.80 bits per heavy atom. The molecule has 7 nitrogen and oxygen atoms in total. The summed E-state index contributed by atoms with van der Waals surface area (Å²) in [5, 5.41) is 3.31. The van der Waals surface area contributed by atoms with Crippen LogP contribution in [0.4, 0.5) is 4.79 Å². The summed E-state index contributed by atoms with van der Waals surface area (Å²) >= 11 is 6.19. The highest BCUT2D eigenvalue weighted by Gasteiger charge is 2.48. The van der Waals surface area contributed by atoms with Crippen molar-refractivity contribution >= 4 is 23.4 Å². The molecule has 0 radical (unpaired) electrons. The molecule has 1 aliphatic rings. The zero-order valence-corrected chi connectivity index (χ0v) is 15.4. The van der Waals surface area contributed by atoms with E-state index in [4.69, 9.17) is 22.1 Å². The third-order valence-corrected chi connectivity index (χ3v) is 4.73. The summed E-state index contributed by atoms with van der Waals surface area (Å²) in [6.07, 6.45) is 1.08. The second-order valence-corrected chi connectivity index (χ2v) is 6.48. The van der Waals surface area contributed by atoms with Gasteiger partial charge >= 0.3 is 6.03 Å². The van der Waals surface area contributed by atoms with Crippen molar-refractivity contribution in [3.8, 4) is 0 Å². The molecule has 2 rings (SSSR count). The van der Waals surface area contributed by atoms with Gasteiger partial charge in [-0.15, -0.1) is 0 Å². The first-order valence-electron chi connectivity index (χ1n) is 8.46. The van der Waals surface area contributed by atoms with Crippen LogP contribution in [0.15, 0.2) is 12.1 Å². The number of nitrogens with one attached hydrogen (secondary N) is 1. The molecule has 1 saturated heterocycles. The van der Waals surface area contributed by atoms with E-state index in [1.807, 2.05) is 6.92 Å². The molecule has 0 unspecified atom stereocenters. The normalized spacial score (nSPS) is 19.8. The van der Waals surface area contributed by atoms with E-state index < -0.39 is 11.6 Å². The Bertz CT molecular complexity index is 632. The molecule has 0 aliphatic carbocycles. The Morgan fingerprint density at radius 2 is 2.24 bits per heavy atom. The number of urea groups is 1. The van der Waals surface area contributed by atoms with Crippen molar-refractivity contribution in [2.45, 2.75) is 32.2 Å². The summed E-state index contributed by atoms with van der Waals surface area (Å²) in [5.41, 5.74) is 5.61. The third kappa shape index (κ3) is 4.29. The quantitative estimate of drug-likeness (QED) is 0.414. The summed E-state index contributed by atoms with van der Waals surface area (Å²) in [6, 6.07) is 2.77. The number of primary amides is 1. The Hall–Kier alpha value is -1.70. The SMILES string of the molecule is CCOCCCN(C(N)=O)[C@]1(C(=O)c2ccc(C)nc2Cl)CCNC1. The number of aromatic nitrogens is 1. The monoisotopic (exact) mass is 368 g/mol. The van der Waals surface area contributed by atoms with Crippen LogP contribution in [0.25, 0.3) is 0 Å². The van der Waals surface area contributed by atoms with E-state index in [0.29, 0.717) is 51.3 Å². The number of ketones is 1. The van der Waals surface area contributed by atoms with E-state index in [1.165, 1.54) is 4.90 Å². The maximum atomic E-state index is 13.3. The molecule has 1 aromatic heterocycles. The lowest BCUT2D eigenvalue weighted by atomic mass is 9.86. The number of ether oxygens (including phenoxy) is 1. The minimum Gasteiger partial charge on any atom is -0.382 e. The van der Waals surface area contributed by atoms with Crippen molar-refractivity contribution in [1.29, 1.82) is 0 Å². The molecule has 8 heteroatoms. The zero-order valence-electron chi connectivity index (χ0n) is 14.7. The van der Waals surface area contributed by atoms with Gasteiger partial charge < -0.3 is 20.7 Å². The lowest BCUT2D eigenvalue weighted by molar-refractivity contribution is 0.0649. The number of hydrogen-bond donors (Lipinski definition) is 2. The van der Waals surface area contributed by atoms with Gasteiger partial charge in [-0.05, 0) is 45.4 Å². The first-order valence-corrected chi connectivity index (χ1v) is 8.83. The minimum atomic E-state index is -1.04. The van der Waals surface area contributed by atoms with Crippen LogP contribution in [0.2, 0.25) is 5.15 Å². The van der Waals surface area contributed by atoms with E-state index in [-0.39, 0.29) is 10.9 Å². The molecule has 2 heterocycles. The fourth-order valence-corrected chi connectivity index (χ4v) is 3.46. The van der Waals surface area contributed by atoms with Crippen LogP contribution in [0.5, 0.6) is 0 Å². The Kier molecular flexibility index (Phi) is 6.75. The summed E-state index contributed by atoms with van der Waals surface area (Å²) in [4.78, 5) is 31.0. The smallest absolute Gasteiger partial charge is 0.315 e. The molecule has 1 aromatic rings. The van der Waals surface area contributed by atoms with Crippen LogP contribution in [-0.2, 0) is 4.74 Å². The maximum Gasteiger partial charge on any atom is 0.315 e. The van der Waals surface area contributed by atoms with Crippen LogP contribution < -0.4 is 11.1 Å². The first kappa shape index (κ1) is 19.6. The van der Waals surface area contributed by atoms with Crippen LogP contribution in [0, 0.1) is 6.92 Å². The Labute approximate surface area is 152 Å². The molecule has 0 aromatic carbocycles. The number of carbonyl (C=O) groups is 2. The van der Waals surface area contributed by atoms with Gasteiger partial charge in [0.05, 0.1) is 5.56 Å². The van der Waals surface area contributed by atoms with Crippen molar-refractivity contribution in [3.05, 3.63) is 28.5 Å². The van der Waals surface area contributed by atoms with Gasteiger partial charge in [-0.25, -0.2) is 9.78 Å². The van der Waals surface area contributed by atoms with E-state index in [0.717, 1.165) is 5.69 Å². The van der Waals surface area contributed by atoms with Gasteiger partial charge in [0.2, 0.25) is 0 Å². The molecular formula is C17H25ClN4O3. The molecule has 138 valence electrons. The van der Waals surface area contributed by atoms with Crippen molar-refractivity contribution in [3.63, 3.8) is 0 Å². The highest BCUT2D eigenvalue weighted by molar-refractivity contribution is 6.33. The van der Waals surface area contributed by atoms with E-state index in [1.54, 1.807) is 19.1 Å². The van der Waals surface area contributed by atoms with Gasteiger partial charge in [0.1, 0.15) is 10.7 Å². The topological polar surface area (TPSA) is 97.5 Å². The number of Topliss-reactive ketones (excluding diaryl/α,β-unsaturated/α-hetero) is 1. The van der Waals surface area contributed by atoms with Gasteiger partial charge in [-0.1, -0.05) is 11.6 Å². The van der Waals surface area contributed by atoms with Crippen molar-refractivity contribution < 1.29 is 14.3 Å². The summed E-state index contributed by atoms with van der Waals surface area (Å²) < 4.78 is 5.33. The van der Waals surface area contributed by atoms with Gasteiger partial charge in [-0.2, -0.15) is 0 Å². The maximum absolute atomic E-state index is 13.3. The van der Waals surface area contributed by atoms with Crippen molar-refractivity contribution in [2.75, 3.05) is 32.8 Å². The second kappa shape index (κ2) is 8.60. The summed E-state index contributed by atoms with van der Waals surface area (Å²) in [7, 11) is 0.